The number of aliphatic hydroxyl groups excluding tert-OH is 1. The van der Waals surface area contributed by atoms with E-state index in [4.69, 9.17) is 14.2 Å². The van der Waals surface area contributed by atoms with Crippen LogP contribution in [0.4, 0.5) is 0 Å². The van der Waals surface area contributed by atoms with Crippen LogP contribution in [0.2, 0.25) is 0 Å². The molecule has 0 saturated carbocycles. The summed E-state index contributed by atoms with van der Waals surface area (Å²) in [6.45, 7) is 6.89. The number of benzene rings is 2. The van der Waals surface area contributed by atoms with Gasteiger partial charge in [-0.1, -0.05) is 67.6 Å². The first-order valence-corrected chi connectivity index (χ1v) is 9.92. The molecule has 5 heteroatoms. The molecule has 2 aromatic carbocycles. The summed E-state index contributed by atoms with van der Waals surface area (Å²) in [6.07, 6.45) is -0.699. The van der Waals surface area contributed by atoms with Gasteiger partial charge in [0.05, 0.1) is 25.9 Å². The third kappa shape index (κ3) is 4.00. The highest BCUT2D eigenvalue weighted by molar-refractivity contribution is 5.18. The van der Waals surface area contributed by atoms with Crippen molar-refractivity contribution in [3.63, 3.8) is 0 Å². The van der Waals surface area contributed by atoms with Crippen LogP contribution in [0.5, 0.6) is 0 Å². The molecule has 0 radical (unpaired) electrons. The average Bonchev–Trinajstić information content (AvgIpc) is 2.70. The smallest absolute Gasteiger partial charge is 0.302 e. The molecule has 0 unspecified atom stereocenters. The first-order chi connectivity index (χ1) is 13.5. The van der Waals surface area contributed by atoms with Gasteiger partial charge < -0.3 is 19.3 Å². The minimum Gasteiger partial charge on any atom is -0.391 e. The lowest BCUT2D eigenvalue weighted by Crippen LogP contribution is -2.69. The highest BCUT2D eigenvalue weighted by Crippen LogP contribution is 2.42. The maximum Gasteiger partial charge on any atom is 0.302 e. The molecule has 2 aromatic rings. The largest absolute Gasteiger partial charge is 0.391 e. The van der Waals surface area contributed by atoms with Crippen molar-refractivity contribution >= 4 is 0 Å². The maximum absolute atomic E-state index is 10.8. The van der Waals surface area contributed by atoms with E-state index >= 15 is 0 Å². The van der Waals surface area contributed by atoms with Crippen LogP contribution in [-0.4, -0.2) is 47.9 Å². The van der Waals surface area contributed by atoms with Gasteiger partial charge in [0.25, 0.3) is 0 Å². The lowest BCUT2D eigenvalue weighted by Gasteiger charge is -2.55. The zero-order valence-electron chi connectivity index (χ0n) is 16.6. The van der Waals surface area contributed by atoms with E-state index in [9.17, 15) is 5.11 Å². The molecule has 3 aliphatic heterocycles. The van der Waals surface area contributed by atoms with Crippen molar-refractivity contribution in [2.75, 3.05) is 19.8 Å². The summed E-state index contributed by atoms with van der Waals surface area (Å²) in [6, 6.07) is 20.0. The van der Waals surface area contributed by atoms with E-state index in [1.165, 1.54) is 0 Å². The molecule has 28 heavy (non-hydrogen) atoms. The fraction of sp³-hybridized carbons (Fsp3) is 0.478. The molecule has 3 heterocycles. The van der Waals surface area contributed by atoms with Gasteiger partial charge in [0.15, 0.2) is 0 Å². The predicted octanol–water partition coefficient (Wildman–Crippen LogP) is 3.18. The minimum atomic E-state index is -1.24. The molecule has 3 aliphatic rings. The molecule has 0 aliphatic carbocycles. The zero-order valence-corrected chi connectivity index (χ0v) is 16.6. The van der Waals surface area contributed by atoms with E-state index in [1.807, 2.05) is 36.4 Å². The molecule has 2 atom stereocenters. The molecular weight excluding hydrogens is 354 g/mol. The summed E-state index contributed by atoms with van der Waals surface area (Å²) in [5.74, 6) is -1.24. The van der Waals surface area contributed by atoms with Crippen LogP contribution >= 0.6 is 0 Å². The fourth-order valence-corrected chi connectivity index (χ4v) is 4.04. The van der Waals surface area contributed by atoms with Crippen LogP contribution in [0.25, 0.3) is 0 Å². The molecule has 3 fully saturated rings. The Morgan fingerprint density at radius 3 is 1.68 bits per heavy atom. The topological polar surface area (TPSA) is 51.2 Å². The van der Waals surface area contributed by atoms with Gasteiger partial charge >= 0.3 is 5.97 Å². The minimum absolute atomic E-state index is 0.116. The Bertz CT molecular complexity index is 699. The van der Waals surface area contributed by atoms with Crippen molar-refractivity contribution in [1.82, 2.24) is 4.90 Å². The Morgan fingerprint density at radius 2 is 1.29 bits per heavy atom. The SMILES string of the molecule is C[C@H](O)[C@H](N(Cc1ccccc1)Cc1ccccc1)C12OCC(C)(CO1)CO2. The van der Waals surface area contributed by atoms with Crippen LogP contribution in [0.3, 0.4) is 0 Å². The standard InChI is InChI=1S/C23H29NO4/c1-18(25)21(23-26-15-22(2,16-27-23)17-28-23)24(13-19-9-5-3-6-10-19)14-20-11-7-4-8-12-20/h3-12,18,21,25H,13-17H2,1-2H3/t18-,21-,22?,23?/m0/s1. The molecule has 150 valence electrons. The highest BCUT2D eigenvalue weighted by atomic mass is 16.9. The number of ether oxygens (including phenoxy) is 3. The Kier molecular flexibility index (Phi) is 5.54. The Hall–Kier alpha value is -1.76. The first-order valence-electron chi connectivity index (χ1n) is 9.92. The Morgan fingerprint density at radius 1 is 0.857 bits per heavy atom. The Labute approximate surface area is 166 Å². The summed E-state index contributed by atoms with van der Waals surface area (Å²) in [5.41, 5.74) is 2.21. The van der Waals surface area contributed by atoms with Crippen LogP contribution < -0.4 is 0 Å². The van der Waals surface area contributed by atoms with Crippen molar-refractivity contribution < 1.29 is 19.3 Å². The second-order valence-electron chi connectivity index (χ2n) is 8.34. The number of nitrogens with zero attached hydrogens (tertiary/aromatic N) is 1. The normalized spacial score (nSPS) is 29.0. The van der Waals surface area contributed by atoms with Gasteiger partial charge in [0.1, 0.15) is 6.04 Å². The molecule has 5 nitrogen and oxygen atoms in total. The number of fused-ring (bicyclic) bond motifs is 3. The number of hydrogen-bond acceptors (Lipinski definition) is 5. The van der Waals surface area contributed by atoms with Gasteiger partial charge in [-0.3, -0.25) is 4.90 Å². The van der Waals surface area contributed by atoms with E-state index in [2.05, 4.69) is 36.1 Å². The fourth-order valence-electron chi connectivity index (χ4n) is 4.04. The molecule has 0 spiro atoms. The molecular formula is C23H29NO4. The lowest BCUT2D eigenvalue weighted by molar-refractivity contribution is -0.486. The van der Waals surface area contributed by atoms with Crippen molar-refractivity contribution in [3.05, 3.63) is 71.8 Å². The number of hydrogen-bond donors (Lipinski definition) is 1. The first kappa shape index (κ1) is 19.6. The summed E-state index contributed by atoms with van der Waals surface area (Å²) < 4.78 is 18.3. The van der Waals surface area contributed by atoms with Crippen LogP contribution in [-0.2, 0) is 27.3 Å². The third-order valence-corrected chi connectivity index (χ3v) is 5.53. The van der Waals surface area contributed by atoms with Gasteiger partial charge in [-0.05, 0) is 18.1 Å². The summed E-state index contributed by atoms with van der Waals surface area (Å²) in [7, 11) is 0. The summed E-state index contributed by atoms with van der Waals surface area (Å²) in [4.78, 5) is 2.20. The third-order valence-electron chi connectivity index (χ3n) is 5.53. The van der Waals surface area contributed by atoms with Gasteiger partial charge in [0, 0.05) is 18.5 Å². The van der Waals surface area contributed by atoms with Crippen LogP contribution in [0, 0.1) is 5.41 Å². The molecule has 5 rings (SSSR count). The van der Waals surface area contributed by atoms with Crippen molar-refractivity contribution in [2.45, 2.75) is 45.1 Å². The molecule has 2 bridgehead atoms. The second-order valence-corrected chi connectivity index (χ2v) is 8.34. The maximum atomic E-state index is 10.8. The van der Waals surface area contributed by atoms with Crippen molar-refractivity contribution in [2.24, 2.45) is 5.41 Å². The van der Waals surface area contributed by atoms with Crippen LogP contribution in [0.1, 0.15) is 25.0 Å². The lowest BCUT2D eigenvalue weighted by atomic mass is 9.90. The predicted molar refractivity (Wildman–Crippen MR) is 106 cm³/mol. The van der Waals surface area contributed by atoms with E-state index in [0.29, 0.717) is 32.9 Å². The van der Waals surface area contributed by atoms with E-state index < -0.39 is 18.1 Å². The Balaban J connectivity index is 1.65. The van der Waals surface area contributed by atoms with E-state index in [0.717, 1.165) is 11.1 Å². The van der Waals surface area contributed by atoms with Crippen LogP contribution in [0.15, 0.2) is 60.7 Å². The van der Waals surface area contributed by atoms with Gasteiger partial charge in [-0.25, -0.2) is 0 Å². The van der Waals surface area contributed by atoms with Crippen molar-refractivity contribution in [3.8, 4) is 0 Å². The quantitative estimate of drug-likeness (QED) is 0.796. The van der Waals surface area contributed by atoms with Crippen molar-refractivity contribution in [1.29, 1.82) is 0 Å². The second kappa shape index (κ2) is 7.93. The van der Waals surface area contributed by atoms with Gasteiger partial charge in [-0.15, -0.1) is 0 Å². The average molecular weight is 383 g/mol. The number of aliphatic hydroxyl groups is 1. The van der Waals surface area contributed by atoms with E-state index in [1.54, 1.807) is 6.92 Å². The highest BCUT2D eigenvalue weighted by Gasteiger charge is 2.57. The zero-order chi connectivity index (χ0) is 19.6. The molecule has 1 N–H and O–H groups in total. The summed E-state index contributed by atoms with van der Waals surface area (Å²) >= 11 is 0. The molecule has 0 amide bonds. The van der Waals surface area contributed by atoms with Gasteiger partial charge in [0.2, 0.25) is 0 Å². The molecule has 3 saturated heterocycles. The number of rotatable bonds is 7. The molecule has 0 aromatic heterocycles. The monoisotopic (exact) mass is 383 g/mol. The summed E-state index contributed by atoms with van der Waals surface area (Å²) in [5, 5.41) is 10.8. The van der Waals surface area contributed by atoms with E-state index in [-0.39, 0.29) is 5.41 Å². The van der Waals surface area contributed by atoms with Gasteiger partial charge in [-0.2, -0.15) is 0 Å².